The molecule has 1 saturated carbocycles. The highest BCUT2D eigenvalue weighted by Crippen LogP contribution is 2.25. The molecule has 0 aliphatic heterocycles. The maximum atomic E-state index is 12.6. The minimum absolute atomic E-state index is 0.0176. The van der Waals surface area contributed by atoms with Crippen molar-refractivity contribution in [1.82, 2.24) is 24.9 Å². The molecule has 1 aliphatic rings. The summed E-state index contributed by atoms with van der Waals surface area (Å²) in [5.41, 5.74) is 6.51. The van der Waals surface area contributed by atoms with Crippen molar-refractivity contribution in [1.29, 1.82) is 0 Å². The Morgan fingerprint density at radius 1 is 1.20 bits per heavy atom. The first-order valence-electron chi connectivity index (χ1n) is 9.66. The van der Waals surface area contributed by atoms with Crippen molar-refractivity contribution >= 4 is 17.5 Å². The molecule has 3 aromatic rings. The predicted molar refractivity (Wildman–Crippen MR) is 106 cm³/mol. The molecule has 3 aromatic heterocycles. The van der Waals surface area contributed by atoms with Crippen LogP contribution in [-0.4, -0.2) is 50.7 Å². The average molecular weight is 410 g/mol. The van der Waals surface area contributed by atoms with Crippen molar-refractivity contribution in [3.05, 3.63) is 47.9 Å². The van der Waals surface area contributed by atoms with E-state index in [0.717, 1.165) is 25.7 Å². The number of primary amides is 1. The highest BCUT2D eigenvalue weighted by Gasteiger charge is 2.26. The number of hydrogen-bond acceptors (Lipinski definition) is 7. The van der Waals surface area contributed by atoms with E-state index in [1.54, 1.807) is 36.7 Å². The van der Waals surface area contributed by atoms with Gasteiger partial charge in [-0.3, -0.25) is 9.59 Å². The monoisotopic (exact) mass is 410 g/mol. The van der Waals surface area contributed by atoms with Crippen LogP contribution in [0.1, 0.15) is 46.5 Å². The Morgan fingerprint density at radius 3 is 2.73 bits per heavy atom. The van der Waals surface area contributed by atoms with E-state index in [1.165, 1.54) is 11.6 Å². The lowest BCUT2D eigenvalue weighted by molar-refractivity contribution is 0.0877. The van der Waals surface area contributed by atoms with E-state index in [1.807, 2.05) is 0 Å². The Bertz CT molecular complexity index is 1070. The number of nitrogens with two attached hydrogens (primary N) is 1. The molecule has 3 heterocycles. The highest BCUT2D eigenvalue weighted by atomic mass is 16.5. The number of rotatable bonds is 6. The van der Waals surface area contributed by atoms with E-state index < -0.39 is 5.91 Å². The van der Waals surface area contributed by atoms with Crippen molar-refractivity contribution in [3.8, 4) is 11.8 Å². The molecule has 0 spiro atoms. The lowest BCUT2D eigenvalue weighted by Gasteiger charge is -2.29. The van der Waals surface area contributed by atoms with E-state index >= 15 is 0 Å². The van der Waals surface area contributed by atoms with Gasteiger partial charge in [-0.25, -0.2) is 14.5 Å². The van der Waals surface area contributed by atoms with Crippen LogP contribution >= 0.6 is 0 Å². The van der Waals surface area contributed by atoms with Crippen molar-refractivity contribution in [3.63, 3.8) is 0 Å². The van der Waals surface area contributed by atoms with Gasteiger partial charge in [-0.15, -0.1) is 5.10 Å². The molecule has 10 heteroatoms. The summed E-state index contributed by atoms with van der Waals surface area (Å²) < 4.78 is 12.5. The third kappa shape index (κ3) is 4.17. The van der Waals surface area contributed by atoms with Crippen LogP contribution < -0.4 is 20.5 Å². The second-order valence-electron chi connectivity index (χ2n) is 7.09. The van der Waals surface area contributed by atoms with Crippen LogP contribution in [0.5, 0.6) is 11.8 Å². The number of pyridine rings is 1. The van der Waals surface area contributed by atoms with Crippen LogP contribution in [0.2, 0.25) is 0 Å². The van der Waals surface area contributed by atoms with Crippen molar-refractivity contribution in [2.45, 2.75) is 37.8 Å². The van der Waals surface area contributed by atoms with Crippen LogP contribution in [0.25, 0.3) is 5.65 Å². The third-order valence-corrected chi connectivity index (χ3v) is 5.06. The van der Waals surface area contributed by atoms with Crippen LogP contribution in [0.15, 0.2) is 36.7 Å². The molecule has 0 aromatic carbocycles. The van der Waals surface area contributed by atoms with Crippen molar-refractivity contribution in [2.24, 2.45) is 5.73 Å². The van der Waals surface area contributed by atoms with Crippen LogP contribution in [-0.2, 0) is 0 Å². The van der Waals surface area contributed by atoms with Crippen molar-refractivity contribution in [2.75, 3.05) is 7.11 Å². The lowest BCUT2D eigenvalue weighted by Crippen LogP contribution is -2.40. The van der Waals surface area contributed by atoms with Gasteiger partial charge in [-0.05, 0) is 43.9 Å². The van der Waals surface area contributed by atoms with Gasteiger partial charge in [0.2, 0.25) is 11.8 Å². The van der Waals surface area contributed by atoms with E-state index in [4.69, 9.17) is 15.2 Å². The van der Waals surface area contributed by atoms with E-state index in [0.29, 0.717) is 17.2 Å². The second kappa shape index (κ2) is 8.36. The topological polar surface area (TPSA) is 134 Å². The van der Waals surface area contributed by atoms with Gasteiger partial charge in [-0.1, -0.05) is 0 Å². The molecule has 156 valence electrons. The number of imidazole rings is 1. The standard InChI is InChI=1S/C20H22N6O4/c1-29-17-9-8-16-24-15(11-26(16)25-17)19(28)23-12-4-6-13(7-5-12)30-20-14(18(21)27)3-2-10-22-20/h2-3,8-13H,4-7H2,1H3,(H2,21,27)(H,23,28). The molecule has 0 radical (unpaired) electrons. The van der Waals surface area contributed by atoms with Gasteiger partial charge in [-0.2, -0.15) is 0 Å². The minimum atomic E-state index is -0.571. The molecular formula is C20H22N6O4. The zero-order valence-corrected chi connectivity index (χ0v) is 16.4. The molecule has 2 amide bonds. The smallest absolute Gasteiger partial charge is 0.271 e. The molecule has 4 rings (SSSR count). The molecular weight excluding hydrogens is 388 g/mol. The number of hydrogen-bond donors (Lipinski definition) is 2. The predicted octanol–water partition coefficient (Wildman–Crippen LogP) is 1.35. The molecule has 30 heavy (non-hydrogen) atoms. The van der Waals surface area contributed by atoms with Gasteiger partial charge in [0, 0.05) is 18.3 Å². The third-order valence-electron chi connectivity index (χ3n) is 5.06. The summed E-state index contributed by atoms with van der Waals surface area (Å²) in [4.78, 5) is 32.5. The Hall–Kier alpha value is -3.69. The molecule has 3 N–H and O–H groups in total. The fraction of sp³-hybridized carbons (Fsp3) is 0.350. The molecule has 0 bridgehead atoms. The fourth-order valence-electron chi connectivity index (χ4n) is 3.50. The molecule has 10 nitrogen and oxygen atoms in total. The summed E-state index contributed by atoms with van der Waals surface area (Å²) in [7, 11) is 1.53. The minimum Gasteiger partial charge on any atom is -0.480 e. The zero-order chi connectivity index (χ0) is 21.1. The lowest BCUT2D eigenvalue weighted by atomic mass is 9.93. The fourth-order valence-corrected chi connectivity index (χ4v) is 3.50. The zero-order valence-electron chi connectivity index (χ0n) is 16.4. The first-order chi connectivity index (χ1) is 14.5. The Labute approximate surface area is 172 Å². The summed E-state index contributed by atoms with van der Waals surface area (Å²) in [6.45, 7) is 0. The van der Waals surface area contributed by atoms with Gasteiger partial charge in [0.05, 0.1) is 13.3 Å². The number of carbonyl (C=O) groups is 2. The van der Waals surface area contributed by atoms with Gasteiger partial charge >= 0.3 is 0 Å². The molecule has 0 saturated heterocycles. The number of aromatic nitrogens is 4. The average Bonchev–Trinajstić information content (AvgIpc) is 3.19. The first kappa shape index (κ1) is 19.6. The van der Waals surface area contributed by atoms with E-state index in [9.17, 15) is 9.59 Å². The number of ether oxygens (including phenoxy) is 2. The van der Waals surface area contributed by atoms with E-state index in [-0.39, 0.29) is 29.5 Å². The number of carbonyl (C=O) groups excluding carboxylic acids is 2. The van der Waals surface area contributed by atoms with Gasteiger partial charge in [0.15, 0.2) is 5.65 Å². The largest absolute Gasteiger partial charge is 0.480 e. The summed E-state index contributed by atoms with van der Waals surface area (Å²) >= 11 is 0. The maximum absolute atomic E-state index is 12.6. The second-order valence-corrected chi connectivity index (χ2v) is 7.09. The Balaban J connectivity index is 1.34. The molecule has 1 aliphatic carbocycles. The quantitative estimate of drug-likeness (QED) is 0.626. The Kier molecular flexibility index (Phi) is 5.46. The summed E-state index contributed by atoms with van der Waals surface area (Å²) in [6.07, 6.45) is 6.00. The van der Waals surface area contributed by atoms with Crippen LogP contribution in [0.4, 0.5) is 0 Å². The highest BCUT2D eigenvalue weighted by molar-refractivity contribution is 5.95. The molecule has 1 fully saturated rings. The van der Waals surface area contributed by atoms with Crippen LogP contribution in [0, 0.1) is 0 Å². The number of amides is 2. The SMILES string of the molecule is COc1ccc2nc(C(=O)NC3CCC(Oc4ncccc4C(N)=O)CC3)cn2n1. The number of nitrogens with one attached hydrogen (secondary N) is 1. The first-order valence-corrected chi connectivity index (χ1v) is 9.66. The number of fused-ring (bicyclic) bond motifs is 1. The summed E-state index contributed by atoms with van der Waals surface area (Å²) in [5, 5.41) is 7.23. The van der Waals surface area contributed by atoms with Crippen molar-refractivity contribution < 1.29 is 19.1 Å². The van der Waals surface area contributed by atoms with Gasteiger partial charge < -0.3 is 20.5 Å². The molecule has 0 atom stereocenters. The van der Waals surface area contributed by atoms with Gasteiger partial charge in [0.25, 0.3) is 11.8 Å². The van der Waals surface area contributed by atoms with Crippen LogP contribution in [0.3, 0.4) is 0 Å². The molecule has 0 unspecified atom stereocenters. The Morgan fingerprint density at radius 2 is 2.00 bits per heavy atom. The number of nitrogens with zero attached hydrogens (tertiary/aromatic N) is 4. The maximum Gasteiger partial charge on any atom is 0.271 e. The number of methoxy groups -OCH3 is 1. The van der Waals surface area contributed by atoms with Gasteiger partial charge in [0.1, 0.15) is 17.4 Å². The summed E-state index contributed by atoms with van der Waals surface area (Å²) in [6, 6.07) is 6.68. The normalized spacial score (nSPS) is 18.7. The summed E-state index contributed by atoms with van der Waals surface area (Å²) in [5.74, 6) is -0.120. The van der Waals surface area contributed by atoms with E-state index in [2.05, 4.69) is 20.4 Å².